The largest absolute Gasteiger partial charge is 0.508 e. The molecular weight excluding hydrogens is 272 g/mol. The van der Waals surface area contributed by atoms with Crippen molar-refractivity contribution in [2.45, 2.75) is 19.4 Å². The number of phenolic OH excluding ortho intramolecular Hbond substituents is 1. The van der Waals surface area contributed by atoms with Crippen molar-refractivity contribution in [1.82, 2.24) is 9.80 Å². The molecule has 1 saturated heterocycles. The van der Waals surface area contributed by atoms with Gasteiger partial charge in [0.25, 0.3) is 5.91 Å². The Kier molecular flexibility index (Phi) is 4.80. The lowest BCUT2D eigenvalue weighted by Gasteiger charge is -2.37. The van der Waals surface area contributed by atoms with Gasteiger partial charge in [-0.1, -0.05) is 6.92 Å². The lowest BCUT2D eigenvalue weighted by molar-refractivity contribution is -0.144. The van der Waals surface area contributed by atoms with Gasteiger partial charge in [0.2, 0.25) is 0 Å². The third-order valence-electron chi connectivity index (χ3n) is 3.83. The molecule has 1 aromatic rings. The number of aromatic hydroxyl groups is 1. The summed E-state index contributed by atoms with van der Waals surface area (Å²) in [4.78, 5) is 27.1. The van der Waals surface area contributed by atoms with E-state index in [1.165, 1.54) is 12.1 Å². The van der Waals surface area contributed by atoms with E-state index in [0.29, 0.717) is 38.2 Å². The van der Waals surface area contributed by atoms with Gasteiger partial charge in [-0.15, -0.1) is 0 Å². The molecule has 114 valence electrons. The van der Waals surface area contributed by atoms with Gasteiger partial charge in [0, 0.05) is 31.7 Å². The zero-order valence-corrected chi connectivity index (χ0v) is 12.0. The highest BCUT2D eigenvalue weighted by atomic mass is 16.4. The molecule has 6 heteroatoms. The molecule has 0 aromatic heterocycles. The highest BCUT2D eigenvalue weighted by Gasteiger charge is 2.29. The maximum atomic E-state index is 12.3. The Bertz CT molecular complexity index is 507. The minimum atomic E-state index is -0.809. The number of amides is 1. The minimum Gasteiger partial charge on any atom is -0.508 e. The summed E-state index contributed by atoms with van der Waals surface area (Å²) in [7, 11) is 0. The van der Waals surface area contributed by atoms with Crippen molar-refractivity contribution in [1.29, 1.82) is 0 Å². The topological polar surface area (TPSA) is 81.1 Å². The van der Waals surface area contributed by atoms with E-state index in [0.717, 1.165) is 0 Å². The van der Waals surface area contributed by atoms with Crippen LogP contribution in [-0.2, 0) is 4.79 Å². The Morgan fingerprint density at radius 3 is 2.19 bits per heavy atom. The zero-order chi connectivity index (χ0) is 15.4. The fourth-order valence-corrected chi connectivity index (χ4v) is 2.61. The molecular formula is C15H20N2O4. The Morgan fingerprint density at radius 2 is 1.71 bits per heavy atom. The summed E-state index contributed by atoms with van der Waals surface area (Å²) in [5.41, 5.74) is 0.534. The smallest absolute Gasteiger partial charge is 0.320 e. The van der Waals surface area contributed by atoms with Crippen LogP contribution in [0.2, 0.25) is 0 Å². The number of carboxylic acid groups (broad SMARTS) is 1. The monoisotopic (exact) mass is 292 g/mol. The normalized spacial score (nSPS) is 17.5. The van der Waals surface area contributed by atoms with E-state index in [-0.39, 0.29) is 11.7 Å². The standard InChI is InChI=1S/C15H20N2O4/c1-2-13(15(20)21)16-7-9-17(10-8-16)14(19)11-3-5-12(18)6-4-11/h3-6,13,18H,2,7-10H2,1H3,(H,20,21). The van der Waals surface area contributed by atoms with Gasteiger partial charge in [-0.25, -0.2) is 0 Å². The van der Waals surface area contributed by atoms with Crippen molar-refractivity contribution in [2.24, 2.45) is 0 Å². The SMILES string of the molecule is CCC(C(=O)O)N1CCN(C(=O)c2ccc(O)cc2)CC1. The number of piperazine rings is 1. The molecule has 1 aromatic carbocycles. The van der Waals surface area contributed by atoms with E-state index in [9.17, 15) is 14.7 Å². The van der Waals surface area contributed by atoms with E-state index < -0.39 is 12.0 Å². The molecule has 1 heterocycles. The van der Waals surface area contributed by atoms with Gasteiger partial charge < -0.3 is 15.1 Å². The number of aliphatic carboxylic acids is 1. The quantitative estimate of drug-likeness (QED) is 0.865. The van der Waals surface area contributed by atoms with Crippen LogP contribution in [0.25, 0.3) is 0 Å². The highest BCUT2D eigenvalue weighted by molar-refractivity contribution is 5.94. The number of nitrogens with zero attached hydrogens (tertiary/aromatic N) is 2. The predicted octanol–water partition coefficient (Wildman–Crippen LogP) is 1.01. The van der Waals surface area contributed by atoms with Crippen LogP contribution in [0.1, 0.15) is 23.7 Å². The summed E-state index contributed by atoms with van der Waals surface area (Å²) in [6.45, 7) is 4.02. The highest BCUT2D eigenvalue weighted by Crippen LogP contribution is 2.15. The molecule has 1 fully saturated rings. The number of carbonyl (C=O) groups excluding carboxylic acids is 1. The van der Waals surface area contributed by atoms with Crippen LogP contribution < -0.4 is 0 Å². The molecule has 1 amide bonds. The summed E-state index contributed by atoms with van der Waals surface area (Å²) < 4.78 is 0. The van der Waals surface area contributed by atoms with Crippen molar-refractivity contribution < 1.29 is 19.8 Å². The van der Waals surface area contributed by atoms with Gasteiger partial charge in [0.15, 0.2) is 0 Å². The number of hydrogen-bond acceptors (Lipinski definition) is 4. The fraction of sp³-hybridized carbons (Fsp3) is 0.467. The molecule has 1 aliphatic rings. The maximum Gasteiger partial charge on any atom is 0.320 e. The maximum absolute atomic E-state index is 12.3. The second kappa shape index (κ2) is 6.58. The van der Waals surface area contributed by atoms with Crippen molar-refractivity contribution >= 4 is 11.9 Å². The third kappa shape index (κ3) is 3.52. The van der Waals surface area contributed by atoms with Crippen LogP contribution >= 0.6 is 0 Å². The number of carbonyl (C=O) groups is 2. The summed E-state index contributed by atoms with van der Waals surface area (Å²) >= 11 is 0. The number of carboxylic acids is 1. The van der Waals surface area contributed by atoms with Gasteiger partial charge >= 0.3 is 5.97 Å². The summed E-state index contributed by atoms with van der Waals surface area (Å²) in [5.74, 6) is -0.766. The number of phenols is 1. The minimum absolute atomic E-state index is 0.0852. The van der Waals surface area contributed by atoms with E-state index in [4.69, 9.17) is 5.11 Å². The lowest BCUT2D eigenvalue weighted by Crippen LogP contribution is -2.53. The molecule has 1 aliphatic heterocycles. The Hall–Kier alpha value is -2.08. The molecule has 1 unspecified atom stereocenters. The zero-order valence-electron chi connectivity index (χ0n) is 12.0. The number of rotatable bonds is 4. The number of benzene rings is 1. The predicted molar refractivity (Wildman–Crippen MR) is 77.3 cm³/mol. The molecule has 0 radical (unpaired) electrons. The second-order valence-corrected chi connectivity index (χ2v) is 5.14. The molecule has 0 aliphatic carbocycles. The molecule has 1 atom stereocenters. The van der Waals surface area contributed by atoms with E-state index in [1.54, 1.807) is 17.0 Å². The van der Waals surface area contributed by atoms with Crippen LogP contribution in [-0.4, -0.2) is 64.1 Å². The van der Waals surface area contributed by atoms with Gasteiger partial charge in [-0.3, -0.25) is 14.5 Å². The Morgan fingerprint density at radius 1 is 1.14 bits per heavy atom. The molecule has 2 rings (SSSR count). The molecule has 21 heavy (non-hydrogen) atoms. The molecule has 6 nitrogen and oxygen atoms in total. The first-order valence-corrected chi connectivity index (χ1v) is 7.08. The second-order valence-electron chi connectivity index (χ2n) is 5.14. The molecule has 0 saturated carbocycles. The Labute approximate surface area is 123 Å². The van der Waals surface area contributed by atoms with Crippen molar-refractivity contribution in [2.75, 3.05) is 26.2 Å². The first-order valence-electron chi connectivity index (χ1n) is 7.08. The number of hydrogen-bond donors (Lipinski definition) is 2. The molecule has 0 bridgehead atoms. The van der Waals surface area contributed by atoms with Gasteiger partial charge in [0.05, 0.1) is 0 Å². The van der Waals surface area contributed by atoms with Crippen LogP contribution in [0, 0.1) is 0 Å². The summed E-state index contributed by atoms with van der Waals surface area (Å²) in [6.07, 6.45) is 0.557. The first kappa shape index (κ1) is 15.3. The van der Waals surface area contributed by atoms with E-state index in [2.05, 4.69) is 0 Å². The van der Waals surface area contributed by atoms with Crippen LogP contribution in [0.3, 0.4) is 0 Å². The van der Waals surface area contributed by atoms with Crippen molar-refractivity contribution in [3.05, 3.63) is 29.8 Å². The van der Waals surface area contributed by atoms with Gasteiger partial charge in [-0.2, -0.15) is 0 Å². The van der Waals surface area contributed by atoms with Crippen LogP contribution in [0.15, 0.2) is 24.3 Å². The summed E-state index contributed by atoms with van der Waals surface area (Å²) in [6, 6.07) is 5.69. The average molecular weight is 292 g/mol. The third-order valence-corrected chi connectivity index (χ3v) is 3.83. The van der Waals surface area contributed by atoms with E-state index >= 15 is 0 Å². The Balaban J connectivity index is 1.96. The van der Waals surface area contributed by atoms with E-state index in [1.807, 2.05) is 11.8 Å². The molecule has 0 spiro atoms. The lowest BCUT2D eigenvalue weighted by atomic mass is 10.1. The van der Waals surface area contributed by atoms with Crippen LogP contribution in [0.5, 0.6) is 5.75 Å². The fourth-order valence-electron chi connectivity index (χ4n) is 2.61. The van der Waals surface area contributed by atoms with Crippen molar-refractivity contribution in [3.8, 4) is 5.75 Å². The molecule has 2 N–H and O–H groups in total. The average Bonchev–Trinajstić information content (AvgIpc) is 2.48. The summed E-state index contributed by atoms with van der Waals surface area (Å²) in [5, 5.41) is 18.4. The van der Waals surface area contributed by atoms with Gasteiger partial charge in [-0.05, 0) is 30.7 Å². The van der Waals surface area contributed by atoms with Crippen molar-refractivity contribution in [3.63, 3.8) is 0 Å². The first-order chi connectivity index (χ1) is 10.0. The van der Waals surface area contributed by atoms with Crippen LogP contribution in [0.4, 0.5) is 0 Å². The van der Waals surface area contributed by atoms with Gasteiger partial charge in [0.1, 0.15) is 11.8 Å².